The van der Waals surface area contributed by atoms with Gasteiger partial charge in [-0.15, -0.1) is 5.10 Å². The second kappa shape index (κ2) is 6.24. The van der Waals surface area contributed by atoms with Crippen LogP contribution in [0.4, 0.5) is 0 Å². The summed E-state index contributed by atoms with van der Waals surface area (Å²) in [6, 6.07) is 5.29. The molecule has 0 N–H and O–H groups in total. The van der Waals surface area contributed by atoms with E-state index < -0.39 is 0 Å². The molecule has 5 nitrogen and oxygen atoms in total. The van der Waals surface area contributed by atoms with Gasteiger partial charge in [-0.3, -0.25) is 9.47 Å². The van der Waals surface area contributed by atoms with Crippen molar-refractivity contribution in [2.75, 3.05) is 0 Å². The summed E-state index contributed by atoms with van der Waals surface area (Å²) < 4.78 is 10.4. The quantitative estimate of drug-likeness (QED) is 0.748. The highest BCUT2D eigenvalue weighted by atomic mass is 32.1. The third-order valence-corrected chi connectivity index (χ3v) is 5.52. The minimum atomic E-state index is 0.711. The van der Waals surface area contributed by atoms with Crippen LogP contribution in [0.15, 0.2) is 22.8 Å². The van der Waals surface area contributed by atoms with Gasteiger partial charge in [0.25, 0.3) is 0 Å². The van der Waals surface area contributed by atoms with Crippen molar-refractivity contribution < 1.29 is 4.42 Å². The molecule has 124 valence electrons. The molecule has 0 saturated heterocycles. The third kappa shape index (κ3) is 2.90. The van der Waals surface area contributed by atoms with E-state index in [0.717, 1.165) is 35.6 Å². The zero-order chi connectivity index (χ0) is 15.8. The van der Waals surface area contributed by atoms with E-state index in [2.05, 4.69) is 16.4 Å². The van der Waals surface area contributed by atoms with E-state index in [4.69, 9.17) is 21.7 Å². The second-order valence-electron chi connectivity index (χ2n) is 6.65. The fourth-order valence-electron chi connectivity index (χ4n) is 3.73. The first-order chi connectivity index (χ1) is 11.3. The molecule has 0 unspecified atom stereocenters. The molecular formula is C17H24N4OS. The molecule has 0 spiro atoms. The Kier molecular flexibility index (Phi) is 4.11. The van der Waals surface area contributed by atoms with Crippen LogP contribution in [0.3, 0.4) is 0 Å². The van der Waals surface area contributed by atoms with E-state index >= 15 is 0 Å². The number of aromatic nitrogens is 3. The Balaban J connectivity index is 1.64. The number of furan rings is 1. The lowest BCUT2D eigenvalue weighted by Crippen LogP contribution is -2.37. The monoisotopic (exact) mass is 332 g/mol. The maximum atomic E-state index is 5.68. The molecule has 23 heavy (non-hydrogen) atoms. The van der Waals surface area contributed by atoms with Crippen molar-refractivity contribution in [3.05, 3.63) is 23.2 Å². The highest BCUT2D eigenvalue weighted by Gasteiger charge is 2.35. The molecule has 0 bridgehead atoms. The summed E-state index contributed by atoms with van der Waals surface area (Å²) in [4.78, 5) is 2.64. The van der Waals surface area contributed by atoms with Crippen LogP contribution in [0.5, 0.6) is 0 Å². The number of hydrogen-bond acceptors (Lipinski definition) is 4. The van der Waals surface area contributed by atoms with E-state index in [1.807, 2.05) is 16.8 Å². The Labute approximate surface area is 141 Å². The summed E-state index contributed by atoms with van der Waals surface area (Å²) in [6.45, 7) is 3.72. The van der Waals surface area contributed by atoms with Gasteiger partial charge in [-0.1, -0.05) is 12.8 Å². The summed E-state index contributed by atoms with van der Waals surface area (Å²) in [7, 11) is 0. The summed E-state index contributed by atoms with van der Waals surface area (Å²) in [5.74, 6) is 1.63. The average Bonchev–Trinajstić information content (AvgIpc) is 2.97. The molecule has 0 aliphatic heterocycles. The molecule has 0 amide bonds. The van der Waals surface area contributed by atoms with Gasteiger partial charge in [0.1, 0.15) is 0 Å². The van der Waals surface area contributed by atoms with Crippen LogP contribution in [0, 0.1) is 4.77 Å². The van der Waals surface area contributed by atoms with Crippen molar-refractivity contribution in [3.8, 4) is 11.6 Å². The van der Waals surface area contributed by atoms with E-state index in [-0.39, 0.29) is 0 Å². The van der Waals surface area contributed by atoms with Gasteiger partial charge in [-0.05, 0) is 57.0 Å². The first kappa shape index (κ1) is 15.1. The molecule has 2 aliphatic rings. The van der Waals surface area contributed by atoms with Gasteiger partial charge in [0.2, 0.25) is 0 Å². The highest BCUT2D eigenvalue weighted by Crippen LogP contribution is 2.35. The number of rotatable bonds is 6. The van der Waals surface area contributed by atoms with Crippen molar-refractivity contribution in [2.45, 2.75) is 70.7 Å². The molecule has 6 heteroatoms. The first-order valence-electron chi connectivity index (χ1n) is 8.75. The third-order valence-electron chi connectivity index (χ3n) is 5.09. The maximum absolute atomic E-state index is 5.68. The SMILES string of the molecule is CCn1c(-c2ccco2)nn(CN(C2CCCC2)C2CC2)c1=S. The van der Waals surface area contributed by atoms with Crippen molar-refractivity contribution in [1.82, 2.24) is 19.2 Å². The van der Waals surface area contributed by atoms with Crippen molar-refractivity contribution in [3.63, 3.8) is 0 Å². The van der Waals surface area contributed by atoms with Crippen LogP contribution in [0.1, 0.15) is 45.4 Å². The minimum Gasteiger partial charge on any atom is -0.461 e. The van der Waals surface area contributed by atoms with Crippen LogP contribution in [-0.4, -0.2) is 31.3 Å². The summed E-state index contributed by atoms with van der Waals surface area (Å²) in [6.07, 6.45) is 9.70. The number of nitrogens with zero attached hydrogens (tertiary/aromatic N) is 4. The Morgan fingerprint density at radius 3 is 2.61 bits per heavy atom. The van der Waals surface area contributed by atoms with Crippen LogP contribution in [-0.2, 0) is 13.2 Å². The molecule has 2 saturated carbocycles. The van der Waals surface area contributed by atoms with Gasteiger partial charge in [-0.2, -0.15) is 0 Å². The predicted molar refractivity (Wildman–Crippen MR) is 91.5 cm³/mol. The van der Waals surface area contributed by atoms with Gasteiger partial charge < -0.3 is 4.42 Å². The molecule has 2 aromatic heterocycles. The smallest absolute Gasteiger partial charge is 0.199 e. The number of hydrogen-bond donors (Lipinski definition) is 0. The summed E-state index contributed by atoms with van der Waals surface area (Å²) in [5.41, 5.74) is 0. The Morgan fingerprint density at radius 2 is 2.00 bits per heavy atom. The molecule has 4 rings (SSSR count). The molecule has 2 aromatic rings. The van der Waals surface area contributed by atoms with Gasteiger partial charge >= 0.3 is 0 Å². The average molecular weight is 332 g/mol. The molecule has 2 heterocycles. The molecule has 2 fully saturated rings. The Hall–Kier alpha value is -1.40. The van der Waals surface area contributed by atoms with Crippen LogP contribution < -0.4 is 0 Å². The van der Waals surface area contributed by atoms with Gasteiger partial charge in [0.15, 0.2) is 16.4 Å². The lowest BCUT2D eigenvalue weighted by atomic mass is 10.2. The topological polar surface area (TPSA) is 39.1 Å². The van der Waals surface area contributed by atoms with Crippen LogP contribution in [0.2, 0.25) is 0 Å². The fraction of sp³-hybridized carbons (Fsp3) is 0.647. The van der Waals surface area contributed by atoms with Gasteiger partial charge in [0, 0.05) is 18.6 Å². The lowest BCUT2D eigenvalue weighted by molar-refractivity contribution is 0.134. The summed E-state index contributed by atoms with van der Waals surface area (Å²) >= 11 is 5.68. The second-order valence-corrected chi connectivity index (χ2v) is 7.02. The summed E-state index contributed by atoms with van der Waals surface area (Å²) in [5, 5.41) is 4.78. The van der Waals surface area contributed by atoms with Crippen LogP contribution >= 0.6 is 12.2 Å². The zero-order valence-corrected chi connectivity index (χ0v) is 14.5. The Morgan fingerprint density at radius 1 is 1.26 bits per heavy atom. The van der Waals surface area contributed by atoms with E-state index in [1.165, 1.54) is 38.5 Å². The minimum absolute atomic E-state index is 0.711. The molecule has 0 radical (unpaired) electrons. The van der Waals surface area contributed by atoms with Gasteiger partial charge in [0.05, 0.1) is 12.9 Å². The normalized spacial score (nSPS) is 19.0. The van der Waals surface area contributed by atoms with Gasteiger partial charge in [-0.25, -0.2) is 4.68 Å². The maximum Gasteiger partial charge on any atom is 0.199 e. The van der Waals surface area contributed by atoms with E-state index in [1.54, 1.807) is 6.26 Å². The van der Waals surface area contributed by atoms with E-state index in [0.29, 0.717) is 6.04 Å². The largest absolute Gasteiger partial charge is 0.461 e. The lowest BCUT2D eigenvalue weighted by Gasteiger charge is -2.28. The molecule has 0 atom stereocenters. The highest BCUT2D eigenvalue weighted by molar-refractivity contribution is 7.71. The van der Waals surface area contributed by atoms with E-state index in [9.17, 15) is 0 Å². The predicted octanol–water partition coefficient (Wildman–Crippen LogP) is 4.06. The fourth-order valence-corrected chi connectivity index (χ4v) is 4.05. The molecule has 2 aliphatic carbocycles. The van der Waals surface area contributed by atoms with Crippen molar-refractivity contribution >= 4 is 12.2 Å². The van der Waals surface area contributed by atoms with Crippen LogP contribution in [0.25, 0.3) is 11.6 Å². The Bertz CT molecular complexity index is 708. The van der Waals surface area contributed by atoms with Crippen molar-refractivity contribution in [2.24, 2.45) is 0 Å². The zero-order valence-electron chi connectivity index (χ0n) is 13.6. The standard InChI is InChI=1S/C17H24N4OS/c1-2-19-16(15-8-5-11-22-15)18-21(17(19)23)12-20(14-9-10-14)13-6-3-4-7-13/h5,8,11,13-14H,2-4,6-7,9-10,12H2,1H3. The molecule has 0 aromatic carbocycles. The molecular weight excluding hydrogens is 308 g/mol. The first-order valence-corrected chi connectivity index (χ1v) is 9.16. The van der Waals surface area contributed by atoms with Crippen molar-refractivity contribution in [1.29, 1.82) is 0 Å².